The van der Waals surface area contributed by atoms with Crippen LogP contribution in [0.3, 0.4) is 0 Å². The van der Waals surface area contributed by atoms with Crippen LogP contribution in [0.1, 0.15) is 38.2 Å². The molecule has 0 N–H and O–H groups in total. The fourth-order valence-corrected chi connectivity index (χ4v) is 2.95. The van der Waals surface area contributed by atoms with Crippen LogP contribution in [0, 0.1) is 0 Å². The summed E-state index contributed by atoms with van der Waals surface area (Å²) >= 11 is 0. The molecule has 21 heavy (non-hydrogen) atoms. The van der Waals surface area contributed by atoms with Crippen molar-refractivity contribution < 1.29 is 42.5 Å². The summed E-state index contributed by atoms with van der Waals surface area (Å²) in [6.07, 6.45) is 5.78. The minimum absolute atomic E-state index is 0. The Bertz CT molecular complexity index is 696. The molecule has 0 fully saturated rings. The van der Waals surface area contributed by atoms with Gasteiger partial charge in [0.1, 0.15) is 10.1 Å². The van der Waals surface area contributed by atoms with E-state index in [0.29, 0.717) is 0 Å². The second kappa shape index (κ2) is 8.30. The fourth-order valence-electron chi connectivity index (χ4n) is 2.44. The maximum atomic E-state index is 11.0. The molecule has 0 amide bonds. The SMILES string of the molecule is CCCCCCc1cccc2cc(S(=O)(=O)[O-])ccc12.[Na+]. The van der Waals surface area contributed by atoms with Crippen LogP contribution in [-0.2, 0) is 16.5 Å². The van der Waals surface area contributed by atoms with E-state index in [9.17, 15) is 13.0 Å². The molecule has 0 bridgehead atoms. The van der Waals surface area contributed by atoms with Gasteiger partial charge in [0.05, 0.1) is 4.90 Å². The molecule has 2 aromatic rings. The molecule has 0 aliphatic heterocycles. The molecule has 2 aromatic carbocycles. The van der Waals surface area contributed by atoms with Crippen molar-refractivity contribution in [3.8, 4) is 0 Å². The summed E-state index contributed by atoms with van der Waals surface area (Å²) in [5.41, 5.74) is 1.22. The molecule has 2 rings (SSSR count). The Balaban J connectivity index is 0.00000220. The van der Waals surface area contributed by atoms with E-state index in [1.807, 2.05) is 12.1 Å². The van der Waals surface area contributed by atoms with Crippen LogP contribution in [0.25, 0.3) is 10.8 Å². The van der Waals surface area contributed by atoms with Gasteiger partial charge in [0.2, 0.25) is 0 Å². The van der Waals surface area contributed by atoms with Gasteiger partial charge in [-0.25, -0.2) is 8.42 Å². The van der Waals surface area contributed by atoms with Gasteiger partial charge >= 0.3 is 29.6 Å². The first-order chi connectivity index (χ1) is 9.52. The first-order valence-electron chi connectivity index (χ1n) is 7.00. The smallest absolute Gasteiger partial charge is 0.744 e. The monoisotopic (exact) mass is 314 g/mol. The Hall–Kier alpha value is -0.390. The molecular weight excluding hydrogens is 295 g/mol. The van der Waals surface area contributed by atoms with Crippen molar-refractivity contribution in [2.45, 2.75) is 43.9 Å². The summed E-state index contributed by atoms with van der Waals surface area (Å²) in [7, 11) is -4.38. The third-order valence-electron chi connectivity index (χ3n) is 3.53. The molecule has 0 atom stereocenters. The summed E-state index contributed by atoms with van der Waals surface area (Å²) < 4.78 is 33.1. The molecule has 3 nitrogen and oxygen atoms in total. The van der Waals surface area contributed by atoms with Crippen molar-refractivity contribution in [3.63, 3.8) is 0 Å². The maximum Gasteiger partial charge on any atom is 1.00 e. The van der Waals surface area contributed by atoms with Crippen LogP contribution in [-0.4, -0.2) is 13.0 Å². The summed E-state index contributed by atoms with van der Waals surface area (Å²) in [5.74, 6) is 0. The van der Waals surface area contributed by atoms with Crippen LogP contribution in [0.5, 0.6) is 0 Å². The average Bonchev–Trinajstić information content (AvgIpc) is 2.42. The van der Waals surface area contributed by atoms with Gasteiger partial charge in [-0.2, -0.15) is 0 Å². The van der Waals surface area contributed by atoms with Crippen molar-refractivity contribution >= 4 is 20.9 Å². The van der Waals surface area contributed by atoms with E-state index in [2.05, 4.69) is 13.0 Å². The van der Waals surface area contributed by atoms with Gasteiger partial charge < -0.3 is 4.55 Å². The zero-order valence-corrected chi connectivity index (χ0v) is 15.4. The zero-order valence-electron chi connectivity index (χ0n) is 12.6. The normalized spacial score (nSPS) is 11.3. The minimum Gasteiger partial charge on any atom is -0.744 e. The van der Waals surface area contributed by atoms with Gasteiger partial charge in [0, 0.05) is 0 Å². The van der Waals surface area contributed by atoms with Crippen molar-refractivity contribution in [1.82, 2.24) is 0 Å². The number of unbranched alkanes of at least 4 members (excludes halogenated alkanes) is 3. The van der Waals surface area contributed by atoms with Gasteiger partial charge in [0.25, 0.3) is 0 Å². The molecule has 0 aliphatic rings. The van der Waals surface area contributed by atoms with E-state index < -0.39 is 10.1 Å². The predicted molar refractivity (Wildman–Crippen MR) is 79.8 cm³/mol. The van der Waals surface area contributed by atoms with Crippen molar-refractivity contribution in [2.75, 3.05) is 0 Å². The first-order valence-corrected chi connectivity index (χ1v) is 8.41. The largest absolute Gasteiger partial charge is 1.00 e. The predicted octanol–water partition coefficient (Wildman–Crippen LogP) is 0.871. The Morgan fingerprint density at radius 3 is 2.48 bits per heavy atom. The molecule has 0 aromatic heterocycles. The van der Waals surface area contributed by atoms with E-state index in [1.54, 1.807) is 6.07 Å². The van der Waals surface area contributed by atoms with Crippen molar-refractivity contribution in [1.29, 1.82) is 0 Å². The molecule has 108 valence electrons. The van der Waals surface area contributed by atoms with Gasteiger partial charge in [-0.1, -0.05) is 50.5 Å². The molecule has 0 aliphatic carbocycles. The summed E-state index contributed by atoms with van der Waals surface area (Å²) in [5, 5.41) is 1.85. The number of benzene rings is 2. The van der Waals surface area contributed by atoms with E-state index >= 15 is 0 Å². The molecule has 0 radical (unpaired) electrons. The van der Waals surface area contributed by atoms with Crippen LogP contribution in [0.2, 0.25) is 0 Å². The summed E-state index contributed by atoms with van der Waals surface area (Å²) in [6.45, 7) is 2.18. The number of rotatable bonds is 6. The third kappa shape index (κ3) is 5.08. The van der Waals surface area contributed by atoms with Gasteiger partial charge in [0.15, 0.2) is 0 Å². The number of hydrogen-bond donors (Lipinski definition) is 0. The molecule has 5 heteroatoms. The molecule has 0 saturated carbocycles. The summed E-state index contributed by atoms with van der Waals surface area (Å²) in [6, 6.07) is 10.4. The second-order valence-electron chi connectivity index (χ2n) is 5.06. The average molecular weight is 314 g/mol. The van der Waals surface area contributed by atoms with Crippen molar-refractivity contribution in [2.24, 2.45) is 0 Å². The van der Waals surface area contributed by atoms with E-state index in [4.69, 9.17) is 0 Å². The third-order valence-corrected chi connectivity index (χ3v) is 4.36. The van der Waals surface area contributed by atoms with Crippen molar-refractivity contribution in [3.05, 3.63) is 42.0 Å². The van der Waals surface area contributed by atoms with Crippen LogP contribution in [0.15, 0.2) is 41.3 Å². The van der Waals surface area contributed by atoms with Crippen LogP contribution >= 0.6 is 0 Å². The van der Waals surface area contributed by atoms with Gasteiger partial charge in [-0.15, -0.1) is 0 Å². The van der Waals surface area contributed by atoms with Gasteiger partial charge in [-0.3, -0.25) is 0 Å². The first kappa shape index (κ1) is 18.7. The fraction of sp³-hybridized carbons (Fsp3) is 0.375. The molecule has 0 spiro atoms. The Morgan fingerprint density at radius 1 is 1.05 bits per heavy atom. The van der Waals surface area contributed by atoms with Crippen LogP contribution < -0.4 is 29.6 Å². The Kier molecular flexibility index (Phi) is 7.37. The summed E-state index contributed by atoms with van der Waals surface area (Å²) in [4.78, 5) is -0.159. The second-order valence-corrected chi connectivity index (χ2v) is 6.44. The number of fused-ring (bicyclic) bond motifs is 1. The standard InChI is InChI=1S/C16H20O3S.Na/c1-2-3-4-5-7-13-8-6-9-14-12-15(20(17,18)19)10-11-16(13)14;/h6,8-12H,2-5,7H2,1H3,(H,17,18,19);/q;+1/p-1. The maximum absolute atomic E-state index is 11.0. The van der Waals surface area contributed by atoms with Gasteiger partial charge in [-0.05, 0) is 41.3 Å². The van der Waals surface area contributed by atoms with E-state index in [1.165, 1.54) is 37.0 Å². The Labute approximate surface area is 148 Å². The van der Waals surface area contributed by atoms with Crippen LogP contribution in [0.4, 0.5) is 0 Å². The molecular formula is C16H19NaO3S. The topological polar surface area (TPSA) is 57.2 Å². The molecule has 0 unspecified atom stereocenters. The van der Waals surface area contributed by atoms with E-state index in [0.717, 1.165) is 23.6 Å². The molecule has 0 heterocycles. The minimum atomic E-state index is -4.38. The Morgan fingerprint density at radius 2 is 1.81 bits per heavy atom. The number of hydrogen-bond acceptors (Lipinski definition) is 3. The quantitative estimate of drug-likeness (QED) is 0.452. The molecule has 0 saturated heterocycles. The van der Waals surface area contributed by atoms with E-state index in [-0.39, 0.29) is 34.5 Å². The zero-order chi connectivity index (χ0) is 14.6. The number of aryl methyl sites for hydroxylation is 1.